The highest BCUT2D eigenvalue weighted by atomic mass is 16.5. The van der Waals surface area contributed by atoms with Crippen LogP contribution in [-0.4, -0.2) is 38.2 Å². The van der Waals surface area contributed by atoms with Crippen molar-refractivity contribution in [2.75, 3.05) is 11.1 Å². The maximum absolute atomic E-state index is 11.6. The van der Waals surface area contributed by atoms with E-state index in [0.717, 1.165) is 31.5 Å². The lowest BCUT2D eigenvalue weighted by atomic mass is 9.93. The molecule has 8 nitrogen and oxygen atoms in total. The second-order valence-corrected chi connectivity index (χ2v) is 7.27. The molecule has 8 heteroatoms. The fourth-order valence-corrected chi connectivity index (χ4v) is 3.90. The molecule has 0 bridgehead atoms. The SMILES string of the molecule is Cc1nc2cccc(OC3CCC(Nc4cnccn4)CC3)c2c(N)c1C(=O)O. The number of aryl methyl sites for hydroxylation is 1. The average molecular weight is 393 g/mol. The van der Waals surface area contributed by atoms with Gasteiger partial charge in [-0.05, 0) is 44.7 Å². The molecule has 1 aliphatic carbocycles. The molecular weight excluding hydrogens is 370 g/mol. The number of aromatic nitrogens is 3. The Morgan fingerprint density at radius 1 is 1.24 bits per heavy atom. The van der Waals surface area contributed by atoms with Gasteiger partial charge in [-0.3, -0.25) is 9.97 Å². The lowest BCUT2D eigenvalue weighted by Gasteiger charge is -2.30. The number of benzene rings is 1. The number of hydrogen-bond donors (Lipinski definition) is 3. The van der Waals surface area contributed by atoms with Crippen molar-refractivity contribution < 1.29 is 14.6 Å². The molecule has 150 valence electrons. The monoisotopic (exact) mass is 393 g/mol. The Labute approximate surface area is 168 Å². The minimum absolute atomic E-state index is 0.0328. The molecule has 1 aromatic carbocycles. The van der Waals surface area contributed by atoms with E-state index in [0.29, 0.717) is 28.4 Å². The summed E-state index contributed by atoms with van der Waals surface area (Å²) >= 11 is 0. The first kappa shape index (κ1) is 18.9. The van der Waals surface area contributed by atoms with Gasteiger partial charge in [-0.2, -0.15) is 0 Å². The summed E-state index contributed by atoms with van der Waals surface area (Å²) in [5.41, 5.74) is 7.48. The van der Waals surface area contributed by atoms with Gasteiger partial charge in [-0.25, -0.2) is 9.78 Å². The lowest BCUT2D eigenvalue weighted by Crippen LogP contribution is -2.31. The summed E-state index contributed by atoms with van der Waals surface area (Å²) in [4.78, 5) is 24.3. The molecule has 0 atom stereocenters. The van der Waals surface area contributed by atoms with Crippen LogP contribution in [0.2, 0.25) is 0 Å². The highest BCUT2D eigenvalue weighted by Gasteiger charge is 2.25. The Hall–Kier alpha value is -3.42. The number of carboxylic acids is 1. The Kier molecular flexibility index (Phi) is 5.16. The van der Waals surface area contributed by atoms with Gasteiger partial charge in [0, 0.05) is 18.4 Å². The van der Waals surface area contributed by atoms with Gasteiger partial charge in [0.15, 0.2) is 0 Å². The number of nitrogens with zero attached hydrogens (tertiary/aromatic N) is 3. The van der Waals surface area contributed by atoms with E-state index in [2.05, 4.69) is 20.3 Å². The van der Waals surface area contributed by atoms with Gasteiger partial charge >= 0.3 is 5.97 Å². The molecule has 0 aliphatic heterocycles. The first-order valence-corrected chi connectivity index (χ1v) is 9.64. The third-order valence-corrected chi connectivity index (χ3v) is 5.29. The molecule has 1 fully saturated rings. The van der Waals surface area contributed by atoms with Crippen molar-refractivity contribution in [1.29, 1.82) is 0 Å². The van der Waals surface area contributed by atoms with Crippen LogP contribution < -0.4 is 15.8 Å². The molecule has 29 heavy (non-hydrogen) atoms. The number of nitrogens with two attached hydrogens (primary N) is 1. The van der Waals surface area contributed by atoms with Crippen molar-refractivity contribution in [2.45, 2.75) is 44.8 Å². The van der Waals surface area contributed by atoms with Gasteiger partial charge in [0.2, 0.25) is 0 Å². The summed E-state index contributed by atoms with van der Waals surface area (Å²) in [5.74, 6) is 0.279. The van der Waals surface area contributed by atoms with E-state index in [1.807, 2.05) is 18.2 Å². The lowest BCUT2D eigenvalue weighted by molar-refractivity contribution is 0.0697. The molecule has 2 aromatic heterocycles. The van der Waals surface area contributed by atoms with E-state index in [1.165, 1.54) is 0 Å². The number of carboxylic acid groups (broad SMARTS) is 1. The zero-order valence-electron chi connectivity index (χ0n) is 16.1. The van der Waals surface area contributed by atoms with Gasteiger partial charge in [0.25, 0.3) is 0 Å². The molecule has 2 heterocycles. The second-order valence-electron chi connectivity index (χ2n) is 7.27. The van der Waals surface area contributed by atoms with E-state index in [1.54, 1.807) is 25.5 Å². The van der Waals surface area contributed by atoms with E-state index >= 15 is 0 Å². The number of fused-ring (bicyclic) bond motifs is 1. The molecule has 0 spiro atoms. The summed E-state index contributed by atoms with van der Waals surface area (Å²) in [7, 11) is 0. The largest absolute Gasteiger partial charge is 0.490 e. The van der Waals surface area contributed by atoms with Crippen LogP contribution >= 0.6 is 0 Å². The van der Waals surface area contributed by atoms with Crippen LogP contribution in [0.3, 0.4) is 0 Å². The van der Waals surface area contributed by atoms with E-state index < -0.39 is 5.97 Å². The van der Waals surface area contributed by atoms with E-state index in [4.69, 9.17) is 10.5 Å². The van der Waals surface area contributed by atoms with Crippen LogP contribution in [-0.2, 0) is 0 Å². The number of ether oxygens (including phenoxy) is 1. The Morgan fingerprint density at radius 2 is 2.03 bits per heavy atom. The van der Waals surface area contributed by atoms with Crippen molar-refractivity contribution in [3.63, 3.8) is 0 Å². The fraction of sp³-hybridized carbons (Fsp3) is 0.333. The highest BCUT2D eigenvalue weighted by Crippen LogP contribution is 2.35. The predicted octanol–water partition coefficient (Wildman–Crippen LogP) is 3.42. The Balaban J connectivity index is 1.50. The molecule has 0 amide bonds. The van der Waals surface area contributed by atoms with E-state index in [-0.39, 0.29) is 17.4 Å². The number of carbonyl (C=O) groups is 1. The molecule has 1 aliphatic rings. The molecular formula is C21H23N5O3. The summed E-state index contributed by atoms with van der Waals surface area (Å²) in [5, 5.41) is 13.5. The number of nitrogens with one attached hydrogen (secondary N) is 1. The molecule has 1 saturated carbocycles. The second kappa shape index (κ2) is 7.90. The Morgan fingerprint density at radius 3 is 2.72 bits per heavy atom. The number of nitrogen functional groups attached to an aromatic ring is 1. The molecule has 4 N–H and O–H groups in total. The van der Waals surface area contributed by atoms with Crippen LogP contribution in [0.25, 0.3) is 10.9 Å². The summed E-state index contributed by atoms with van der Waals surface area (Å²) in [6, 6.07) is 5.82. The van der Waals surface area contributed by atoms with Crippen LogP contribution in [0.4, 0.5) is 11.5 Å². The Bertz CT molecular complexity index is 1030. The van der Waals surface area contributed by atoms with Crippen molar-refractivity contribution in [3.05, 3.63) is 48.0 Å². The molecule has 0 saturated heterocycles. The zero-order chi connectivity index (χ0) is 20.4. The number of aromatic carboxylic acids is 1. The first-order chi connectivity index (χ1) is 14.0. The maximum atomic E-state index is 11.6. The van der Waals surface area contributed by atoms with Crippen LogP contribution in [0.1, 0.15) is 41.7 Å². The fourth-order valence-electron chi connectivity index (χ4n) is 3.90. The van der Waals surface area contributed by atoms with Crippen molar-refractivity contribution in [2.24, 2.45) is 0 Å². The quantitative estimate of drug-likeness (QED) is 0.602. The van der Waals surface area contributed by atoms with Gasteiger partial charge in [0.05, 0.1) is 34.6 Å². The molecule has 3 aromatic rings. The van der Waals surface area contributed by atoms with Crippen molar-refractivity contribution in [1.82, 2.24) is 15.0 Å². The number of anilines is 2. The van der Waals surface area contributed by atoms with Crippen LogP contribution in [0.15, 0.2) is 36.8 Å². The van der Waals surface area contributed by atoms with Gasteiger partial charge in [-0.1, -0.05) is 6.07 Å². The maximum Gasteiger partial charge on any atom is 0.339 e. The third kappa shape index (κ3) is 3.91. The number of rotatable bonds is 5. The third-order valence-electron chi connectivity index (χ3n) is 5.29. The minimum Gasteiger partial charge on any atom is -0.490 e. The van der Waals surface area contributed by atoms with Gasteiger partial charge in [-0.15, -0.1) is 0 Å². The summed E-state index contributed by atoms with van der Waals surface area (Å²) < 4.78 is 6.25. The molecule has 0 unspecified atom stereocenters. The average Bonchev–Trinajstić information content (AvgIpc) is 2.70. The summed E-state index contributed by atoms with van der Waals surface area (Å²) in [6.07, 6.45) is 8.71. The topological polar surface area (TPSA) is 123 Å². The smallest absolute Gasteiger partial charge is 0.339 e. The van der Waals surface area contributed by atoms with Crippen LogP contribution in [0, 0.1) is 6.92 Å². The highest BCUT2D eigenvalue weighted by molar-refractivity contribution is 6.06. The first-order valence-electron chi connectivity index (χ1n) is 9.64. The number of hydrogen-bond acceptors (Lipinski definition) is 7. The van der Waals surface area contributed by atoms with Crippen molar-refractivity contribution in [3.8, 4) is 5.75 Å². The van der Waals surface area contributed by atoms with Gasteiger partial charge < -0.3 is 20.9 Å². The minimum atomic E-state index is -1.08. The van der Waals surface area contributed by atoms with Gasteiger partial charge in [0.1, 0.15) is 17.1 Å². The predicted molar refractivity (Wildman–Crippen MR) is 110 cm³/mol. The standard InChI is InChI=1S/C21H23N5O3/c1-12-18(21(27)28)20(22)19-15(25-12)3-2-4-16(19)29-14-7-5-13(6-8-14)26-17-11-23-9-10-24-17/h2-4,9-11,13-14H,5-8H2,1H3,(H2,22,25)(H,24,26)(H,27,28). The molecule has 4 rings (SSSR count). The normalized spacial score (nSPS) is 19.1. The zero-order valence-corrected chi connectivity index (χ0v) is 16.1. The summed E-state index contributed by atoms with van der Waals surface area (Å²) in [6.45, 7) is 1.65. The van der Waals surface area contributed by atoms with Crippen LogP contribution in [0.5, 0.6) is 5.75 Å². The van der Waals surface area contributed by atoms with E-state index in [9.17, 15) is 9.90 Å². The molecule has 0 radical (unpaired) electrons. The number of pyridine rings is 1. The van der Waals surface area contributed by atoms with Crippen molar-refractivity contribution >= 4 is 28.4 Å².